The molecule has 0 unspecified atom stereocenters. The Labute approximate surface area is 174 Å². The van der Waals surface area contributed by atoms with Gasteiger partial charge in [0.05, 0.1) is 17.0 Å². The standard InChI is InChI=1S/C20H21Cl2NO4S/c1-28(25,26)15-4-2-14(3-5-15)27-20-17-8-12(21)9-18(22)16(17)10-19(20)23-7-6-13(24)11-23/h2-5,8-9,13,19-20,24H,6-7,10-11H2,1H3/t13-,19+,20+/m1/s1. The minimum Gasteiger partial charge on any atom is -0.484 e. The summed E-state index contributed by atoms with van der Waals surface area (Å²) in [5, 5.41) is 11.1. The first-order valence-electron chi connectivity index (χ1n) is 9.09. The smallest absolute Gasteiger partial charge is 0.175 e. The average molecular weight is 442 g/mol. The third kappa shape index (κ3) is 3.89. The Morgan fingerprint density at radius 3 is 2.50 bits per heavy atom. The van der Waals surface area contributed by atoms with Gasteiger partial charge in [0.2, 0.25) is 0 Å². The van der Waals surface area contributed by atoms with Crippen molar-refractivity contribution in [3.8, 4) is 5.75 Å². The summed E-state index contributed by atoms with van der Waals surface area (Å²) in [7, 11) is -3.26. The van der Waals surface area contributed by atoms with E-state index >= 15 is 0 Å². The zero-order valence-electron chi connectivity index (χ0n) is 15.3. The molecule has 4 rings (SSSR count). The molecule has 1 heterocycles. The van der Waals surface area contributed by atoms with Gasteiger partial charge in [-0.3, -0.25) is 4.90 Å². The molecule has 0 bridgehead atoms. The van der Waals surface area contributed by atoms with Crippen LogP contribution in [0.3, 0.4) is 0 Å². The lowest BCUT2D eigenvalue weighted by atomic mass is 10.1. The molecule has 1 fully saturated rings. The van der Waals surface area contributed by atoms with Crippen LogP contribution in [0.4, 0.5) is 0 Å². The van der Waals surface area contributed by atoms with Crippen molar-refractivity contribution in [3.05, 3.63) is 57.6 Å². The summed E-state index contributed by atoms with van der Waals surface area (Å²) in [6.45, 7) is 1.38. The zero-order chi connectivity index (χ0) is 20.1. The van der Waals surface area contributed by atoms with E-state index in [0.29, 0.717) is 28.8 Å². The minimum absolute atomic E-state index is 0.0256. The Hall–Kier alpha value is -1.31. The van der Waals surface area contributed by atoms with Crippen LogP contribution in [0.15, 0.2) is 41.3 Å². The van der Waals surface area contributed by atoms with E-state index in [1.807, 2.05) is 6.07 Å². The predicted molar refractivity (Wildman–Crippen MR) is 109 cm³/mol. The summed E-state index contributed by atoms with van der Waals surface area (Å²) in [5.41, 5.74) is 1.95. The highest BCUT2D eigenvalue weighted by Crippen LogP contribution is 2.43. The molecular formula is C20H21Cl2NO4S. The molecule has 0 spiro atoms. The molecule has 0 aromatic heterocycles. The summed E-state index contributed by atoms with van der Waals surface area (Å²) in [6.07, 6.45) is 1.98. The van der Waals surface area contributed by atoms with Gasteiger partial charge >= 0.3 is 0 Å². The van der Waals surface area contributed by atoms with E-state index in [1.54, 1.807) is 30.3 Å². The van der Waals surface area contributed by atoms with E-state index in [1.165, 1.54) is 6.26 Å². The molecule has 1 saturated heterocycles. The first kappa shape index (κ1) is 20.0. The Morgan fingerprint density at radius 2 is 1.89 bits per heavy atom. The van der Waals surface area contributed by atoms with Crippen LogP contribution in [0.1, 0.15) is 23.7 Å². The lowest BCUT2D eigenvalue weighted by molar-refractivity contribution is 0.0818. The van der Waals surface area contributed by atoms with Gasteiger partial charge in [0, 0.05) is 35.0 Å². The Balaban J connectivity index is 1.67. The molecule has 0 radical (unpaired) electrons. The lowest BCUT2D eigenvalue weighted by Gasteiger charge is -2.30. The average Bonchev–Trinajstić information content (AvgIpc) is 3.19. The van der Waals surface area contributed by atoms with Gasteiger partial charge in [-0.1, -0.05) is 23.2 Å². The predicted octanol–water partition coefficient (Wildman–Crippen LogP) is 3.51. The van der Waals surface area contributed by atoms with Crippen LogP contribution in [0.25, 0.3) is 0 Å². The lowest BCUT2D eigenvalue weighted by Crippen LogP contribution is -2.39. The van der Waals surface area contributed by atoms with Gasteiger partial charge in [-0.15, -0.1) is 0 Å². The largest absolute Gasteiger partial charge is 0.484 e. The summed E-state index contributed by atoms with van der Waals surface area (Å²) in [4.78, 5) is 2.47. The maximum atomic E-state index is 11.7. The van der Waals surface area contributed by atoms with Gasteiger partial charge < -0.3 is 9.84 Å². The second kappa shape index (κ2) is 7.50. The van der Waals surface area contributed by atoms with Crippen molar-refractivity contribution in [3.63, 3.8) is 0 Å². The number of sulfone groups is 1. The van der Waals surface area contributed by atoms with Crippen LogP contribution in [-0.2, 0) is 16.3 Å². The topological polar surface area (TPSA) is 66.8 Å². The van der Waals surface area contributed by atoms with E-state index in [2.05, 4.69) is 4.90 Å². The highest BCUT2D eigenvalue weighted by molar-refractivity contribution is 7.90. The fourth-order valence-corrected chi connectivity index (χ4v) is 5.28. The number of aliphatic hydroxyl groups is 1. The second-order valence-corrected chi connectivity index (χ2v) is 10.3. The van der Waals surface area contributed by atoms with E-state index in [0.717, 1.165) is 24.1 Å². The first-order valence-corrected chi connectivity index (χ1v) is 11.7. The van der Waals surface area contributed by atoms with Crippen LogP contribution in [0.5, 0.6) is 5.75 Å². The number of hydrogen-bond acceptors (Lipinski definition) is 5. The van der Waals surface area contributed by atoms with Gasteiger partial charge in [-0.05, 0) is 54.8 Å². The van der Waals surface area contributed by atoms with Gasteiger partial charge in [0.1, 0.15) is 11.9 Å². The van der Waals surface area contributed by atoms with E-state index in [9.17, 15) is 13.5 Å². The molecule has 1 aliphatic heterocycles. The zero-order valence-corrected chi connectivity index (χ0v) is 17.6. The number of nitrogens with zero attached hydrogens (tertiary/aromatic N) is 1. The SMILES string of the molecule is CS(=O)(=O)c1ccc(O[C@H]2c3cc(Cl)cc(Cl)c3C[C@@H]2N2CC[C@@H](O)C2)cc1. The molecule has 1 N–H and O–H groups in total. The van der Waals surface area contributed by atoms with Crippen molar-refractivity contribution in [1.29, 1.82) is 0 Å². The fraction of sp³-hybridized carbons (Fsp3) is 0.400. The number of fused-ring (bicyclic) bond motifs is 1. The Bertz CT molecular complexity index is 994. The summed E-state index contributed by atoms with van der Waals surface area (Å²) >= 11 is 12.7. The third-order valence-corrected chi connectivity index (χ3v) is 7.13. The summed E-state index contributed by atoms with van der Waals surface area (Å²) in [5.74, 6) is 0.575. The number of aliphatic hydroxyl groups excluding tert-OH is 1. The van der Waals surface area contributed by atoms with Crippen LogP contribution in [0.2, 0.25) is 10.0 Å². The summed E-state index contributed by atoms with van der Waals surface area (Å²) < 4.78 is 29.7. The Kier molecular flexibility index (Phi) is 5.35. The number of rotatable bonds is 4. The monoisotopic (exact) mass is 441 g/mol. The molecule has 2 aliphatic rings. The number of ether oxygens (including phenoxy) is 1. The van der Waals surface area contributed by atoms with Crippen molar-refractivity contribution in [2.45, 2.75) is 36.0 Å². The molecule has 150 valence electrons. The molecule has 2 aromatic rings. The Morgan fingerprint density at radius 1 is 1.18 bits per heavy atom. The highest BCUT2D eigenvalue weighted by Gasteiger charge is 2.41. The molecule has 2 aromatic carbocycles. The maximum absolute atomic E-state index is 11.7. The van der Waals surface area contributed by atoms with E-state index in [-0.39, 0.29) is 23.1 Å². The molecule has 3 atom stereocenters. The van der Waals surface area contributed by atoms with Crippen LogP contribution in [0, 0.1) is 0 Å². The number of likely N-dealkylation sites (tertiary alicyclic amines) is 1. The van der Waals surface area contributed by atoms with Crippen LogP contribution < -0.4 is 4.74 Å². The first-order chi connectivity index (χ1) is 13.2. The van der Waals surface area contributed by atoms with Gasteiger partial charge in [-0.25, -0.2) is 8.42 Å². The fourth-order valence-electron chi connectivity index (χ4n) is 4.06. The molecule has 0 amide bonds. The minimum atomic E-state index is -3.26. The van der Waals surface area contributed by atoms with Crippen molar-refractivity contribution in [2.75, 3.05) is 19.3 Å². The molecule has 5 nitrogen and oxygen atoms in total. The van der Waals surface area contributed by atoms with Crippen molar-refractivity contribution < 1.29 is 18.3 Å². The quantitative estimate of drug-likeness (QED) is 0.785. The van der Waals surface area contributed by atoms with Gasteiger partial charge in [0.15, 0.2) is 9.84 Å². The van der Waals surface area contributed by atoms with Gasteiger partial charge in [0.25, 0.3) is 0 Å². The number of halogens is 2. The van der Waals surface area contributed by atoms with Crippen molar-refractivity contribution in [1.82, 2.24) is 4.90 Å². The molecular weight excluding hydrogens is 421 g/mol. The van der Waals surface area contributed by atoms with Crippen molar-refractivity contribution >= 4 is 33.0 Å². The second-order valence-electron chi connectivity index (χ2n) is 7.45. The normalized spacial score (nSPS) is 25.1. The van der Waals surface area contributed by atoms with Gasteiger partial charge in [-0.2, -0.15) is 0 Å². The molecule has 8 heteroatoms. The van der Waals surface area contributed by atoms with Crippen LogP contribution in [-0.4, -0.2) is 49.9 Å². The number of benzene rings is 2. The molecule has 0 saturated carbocycles. The van der Waals surface area contributed by atoms with Crippen LogP contribution >= 0.6 is 23.2 Å². The molecule has 28 heavy (non-hydrogen) atoms. The highest BCUT2D eigenvalue weighted by atomic mass is 35.5. The number of β-amino-alcohol motifs (C(OH)–C–C–N with tert-alkyl or cyclic N) is 1. The third-order valence-electron chi connectivity index (χ3n) is 5.44. The maximum Gasteiger partial charge on any atom is 0.175 e. The van der Waals surface area contributed by atoms with Crippen molar-refractivity contribution in [2.24, 2.45) is 0 Å². The van der Waals surface area contributed by atoms with E-state index < -0.39 is 9.84 Å². The number of hydrogen-bond donors (Lipinski definition) is 1. The molecule has 1 aliphatic carbocycles. The van der Waals surface area contributed by atoms with E-state index in [4.69, 9.17) is 27.9 Å². The summed E-state index contributed by atoms with van der Waals surface area (Å²) in [6, 6.07) is 10.1.